The van der Waals surface area contributed by atoms with Gasteiger partial charge in [0.1, 0.15) is 10.7 Å². The summed E-state index contributed by atoms with van der Waals surface area (Å²) in [5.74, 6) is -0.823. The third kappa shape index (κ3) is 3.93. The maximum Gasteiger partial charge on any atom is 0.243 e. The van der Waals surface area contributed by atoms with Crippen LogP contribution < -0.4 is 10.5 Å². The molecule has 1 fully saturated rings. The van der Waals surface area contributed by atoms with Crippen LogP contribution >= 0.6 is 0 Å². The number of anilines is 1. The van der Waals surface area contributed by atoms with Gasteiger partial charge in [-0.2, -0.15) is 0 Å². The molecule has 3 N–H and O–H groups in total. The highest BCUT2D eigenvalue weighted by Gasteiger charge is 2.31. The molecule has 1 aromatic carbocycles. The first-order valence-electron chi connectivity index (χ1n) is 6.95. The lowest BCUT2D eigenvalue weighted by atomic mass is 9.81. The molecule has 0 saturated carbocycles. The van der Waals surface area contributed by atoms with Gasteiger partial charge in [-0.1, -0.05) is 6.92 Å². The predicted octanol–water partition coefficient (Wildman–Crippen LogP) is 1.42. The van der Waals surface area contributed by atoms with Crippen molar-refractivity contribution in [3.63, 3.8) is 0 Å². The zero-order valence-corrected chi connectivity index (χ0v) is 13.2. The van der Waals surface area contributed by atoms with E-state index in [2.05, 4.69) is 16.5 Å². The lowest BCUT2D eigenvalue weighted by Gasteiger charge is -2.37. The number of hydrogen-bond donors (Lipinski definition) is 2. The van der Waals surface area contributed by atoms with E-state index in [1.165, 1.54) is 12.1 Å². The number of piperidine rings is 1. The summed E-state index contributed by atoms with van der Waals surface area (Å²) in [5.41, 5.74) is 5.54. The minimum atomic E-state index is -3.85. The van der Waals surface area contributed by atoms with Crippen molar-refractivity contribution in [3.05, 3.63) is 24.0 Å². The van der Waals surface area contributed by atoms with Gasteiger partial charge in [0.2, 0.25) is 10.0 Å². The van der Waals surface area contributed by atoms with E-state index in [4.69, 9.17) is 5.73 Å². The van der Waals surface area contributed by atoms with Gasteiger partial charge in [0.15, 0.2) is 0 Å². The van der Waals surface area contributed by atoms with Crippen LogP contribution in [0.15, 0.2) is 23.1 Å². The van der Waals surface area contributed by atoms with Gasteiger partial charge in [0.25, 0.3) is 0 Å². The van der Waals surface area contributed by atoms with Gasteiger partial charge in [-0.25, -0.2) is 17.5 Å². The maximum atomic E-state index is 13.8. The molecule has 0 aromatic heterocycles. The third-order valence-electron chi connectivity index (χ3n) is 4.13. The number of benzene rings is 1. The fourth-order valence-corrected chi connectivity index (χ4v) is 3.67. The Morgan fingerprint density at radius 1 is 1.38 bits per heavy atom. The van der Waals surface area contributed by atoms with Crippen LogP contribution in [-0.2, 0) is 10.0 Å². The quantitative estimate of drug-likeness (QED) is 0.824. The molecule has 21 heavy (non-hydrogen) atoms. The van der Waals surface area contributed by atoms with Crippen molar-refractivity contribution in [2.75, 3.05) is 32.4 Å². The van der Waals surface area contributed by atoms with Gasteiger partial charge >= 0.3 is 0 Å². The Bertz CT molecular complexity index is 611. The molecule has 1 aliphatic heterocycles. The molecule has 0 spiro atoms. The molecule has 0 bridgehead atoms. The second kappa shape index (κ2) is 5.90. The first-order valence-corrected chi connectivity index (χ1v) is 8.43. The summed E-state index contributed by atoms with van der Waals surface area (Å²) in [6, 6.07) is 3.60. The molecule has 1 heterocycles. The second-order valence-electron chi connectivity index (χ2n) is 6.13. The molecule has 118 valence electrons. The topological polar surface area (TPSA) is 75.4 Å². The van der Waals surface area contributed by atoms with E-state index in [0.717, 1.165) is 32.0 Å². The molecule has 0 unspecified atom stereocenters. The Hall–Kier alpha value is -1.18. The zero-order chi connectivity index (χ0) is 15.7. The molecule has 5 nitrogen and oxygen atoms in total. The standard InChI is InChI=1S/C14H22FN3O2S/c1-14(5-7-18(2)8-6-14)10-17-21(19,20)13-4-3-11(16)9-12(13)15/h3-4,9,17H,5-8,10,16H2,1-2H3. The van der Waals surface area contributed by atoms with E-state index < -0.39 is 15.8 Å². The second-order valence-corrected chi connectivity index (χ2v) is 7.86. The lowest BCUT2D eigenvalue weighted by Crippen LogP contribution is -2.43. The summed E-state index contributed by atoms with van der Waals surface area (Å²) < 4.78 is 40.7. The summed E-state index contributed by atoms with van der Waals surface area (Å²) in [4.78, 5) is 1.86. The van der Waals surface area contributed by atoms with Crippen LogP contribution in [0, 0.1) is 11.2 Å². The van der Waals surface area contributed by atoms with Crippen molar-refractivity contribution in [3.8, 4) is 0 Å². The third-order valence-corrected chi connectivity index (χ3v) is 5.56. The van der Waals surface area contributed by atoms with E-state index in [-0.39, 0.29) is 16.0 Å². The number of nitrogens with zero attached hydrogens (tertiary/aromatic N) is 1. The molecule has 7 heteroatoms. The van der Waals surface area contributed by atoms with Gasteiger partial charge in [0, 0.05) is 12.2 Å². The molecular formula is C14H22FN3O2S. The Morgan fingerprint density at radius 3 is 2.57 bits per heavy atom. The Kier molecular flexibility index (Phi) is 4.55. The SMILES string of the molecule is CN1CCC(C)(CNS(=O)(=O)c2ccc(N)cc2F)CC1. The monoisotopic (exact) mass is 315 g/mol. The van der Waals surface area contributed by atoms with Crippen LogP contribution in [-0.4, -0.2) is 40.0 Å². The average molecular weight is 315 g/mol. The van der Waals surface area contributed by atoms with Crippen molar-refractivity contribution < 1.29 is 12.8 Å². The van der Waals surface area contributed by atoms with Crippen molar-refractivity contribution in [1.29, 1.82) is 0 Å². The summed E-state index contributed by atoms with van der Waals surface area (Å²) in [7, 11) is -1.80. The number of halogens is 1. The van der Waals surface area contributed by atoms with Gasteiger partial charge in [-0.15, -0.1) is 0 Å². The van der Waals surface area contributed by atoms with E-state index in [0.29, 0.717) is 6.54 Å². The van der Waals surface area contributed by atoms with Crippen LogP contribution in [0.2, 0.25) is 0 Å². The van der Waals surface area contributed by atoms with Crippen molar-refractivity contribution in [2.45, 2.75) is 24.7 Å². The van der Waals surface area contributed by atoms with E-state index in [1.54, 1.807) is 0 Å². The first kappa shape index (κ1) is 16.2. The van der Waals surface area contributed by atoms with Gasteiger partial charge in [0.05, 0.1) is 0 Å². The van der Waals surface area contributed by atoms with Crippen molar-refractivity contribution >= 4 is 15.7 Å². The fraction of sp³-hybridized carbons (Fsp3) is 0.571. The molecule has 1 saturated heterocycles. The molecule has 0 aliphatic carbocycles. The minimum absolute atomic E-state index is 0.0934. The fourth-order valence-electron chi connectivity index (χ4n) is 2.42. The number of likely N-dealkylation sites (tertiary alicyclic amines) is 1. The molecule has 1 aliphatic rings. The van der Waals surface area contributed by atoms with Gasteiger partial charge in [-0.3, -0.25) is 0 Å². The number of nitrogens with one attached hydrogen (secondary N) is 1. The van der Waals surface area contributed by atoms with Crippen LogP contribution in [0.5, 0.6) is 0 Å². The summed E-state index contributed by atoms with van der Waals surface area (Å²) in [6.07, 6.45) is 1.83. The maximum absolute atomic E-state index is 13.8. The predicted molar refractivity (Wildman–Crippen MR) is 80.8 cm³/mol. The minimum Gasteiger partial charge on any atom is -0.399 e. The van der Waals surface area contributed by atoms with E-state index in [9.17, 15) is 12.8 Å². The number of nitrogen functional groups attached to an aromatic ring is 1. The molecule has 2 rings (SSSR count). The van der Waals surface area contributed by atoms with E-state index >= 15 is 0 Å². The normalized spacial score (nSPS) is 19.6. The highest BCUT2D eigenvalue weighted by Crippen LogP contribution is 2.30. The summed E-state index contributed by atoms with van der Waals surface area (Å²) in [6.45, 7) is 4.25. The van der Waals surface area contributed by atoms with Crippen molar-refractivity contribution in [2.24, 2.45) is 5.41 Å². The van der Waals surface area contributed by atoms with Crippen molar-refractivity contribution in [1.82, 2.24) is 9.62 Å². The molecule has 1 aromatic rings. The van der Waals surface area contributed by atoms with Crippen LogP contribution in [0.25, 0.3) is 0 Å². The number of sulfonamides is 1. The lowest BCUT2D eigenvalue weighted by molar-refractivity contribution is 0.143. The number of hydrogen-bond acceptors (Lipinski definition) is 4. The van der Waals surface area contributed by atoms with Crippen LogP contribution in [0.1, 0.15) is 19.8 Å². The van der Waals surface area contributed by atoms with Gasteiger partial charge < -0.3 is 10.6 Å². The van der Waals surface area contributed by atoms with Gasteiger partial charge in [-0.05, 0) is 56.6 Å². The van der Waals surface area contributed by atoms with Crippen LogP contribution in [0.3, 0.4) is 0 Å². The Labute approximate surface area is 125 Å². The Morgan fingerprint density at radius 2 is 2.00 bits per heavy atom. The molecule has 0 radical (unpaired) electrons. The number of rotatable bonds is 4. The number of nitrogens with two attached hydrogens (primary N) is 1. The largest absolute Gasteiger partial charge is 0.399 e. The molecule has 0 atom stereocenters. The molecular weight excluding hydrogens is 293 g/mol. The summed E-state index contributed by atoms with van der Waals surface area (Å²) in [5, 5.41) is 0. The first-order chi connectivity index (χ1) is 9.72. The smallest absolute Gasteiger partial charge is 0.243 e. The highest BCUT2D eigenvalue weighted by atomic mass is 32.2. The zero-order valence-electron chi connectivity index (χ0n) is 12.4. The summed E-state index contributed by atoms with van der Waals surface area (Å²) >= 11 is 0. The average Bonchev–Trinajstić information content (AvgIpc) is 2.40. The Balaban J connectivity index is 2.08. The van der Waals surface area contributed by atoms with E-state index in [1.807, 2.05) is 7.05 Å². The highest BCUT2D eigenvalue weighted by molar-refractivity contribution is 7.89. The van der Waals surface area contributed by atoms with Crippen LogP contribution in [0.4, 0.5) is 10.1 Å². The molecule has 0 amide bonds.